The van der Waals surface area contributed by atoms with Crippen LogP contribution in [0.3, 0.4) is 0 Å². The van der Waals surface area contributed by atoms with Crippen LogP contribution < -0.4 is 19.5 Å². The maximum Gasteiger partial charge on any atom is 0.242 e. The van der Waals surface area contributed by atoms with Crippen molar-refractivity contribution in [1.29, 1.82) is 0 Å². The molecule has 0 aliphatic heterocycles. The highest BCUT2D eigenvalue weighted by atomic mass is 16.5. The van der Waals surface area contributed by atoms with Gasteiger partial charge >= 0.3 is 0 Å². The van der Waals surface area contributed by atoms with E-state index in [0.29, 0.717) is 26.0 Å². The Balaban J connectivity index is 1.59. The van der Waals surface area contributed by atoms with Gasteiger partial charge in [0.2, 0.25) is 11.8 Å². The van der Waals surface area contributed by atoms with Crippen molar-refractivity contribution < 1.29 is 23.8 Å². The van der Waals surface area contributed by atoms with Crippen molar-refractivity contribution in [3.63, 3.8) is 0 Å². The lowest BCUT2D eigenvalue weighted by Crippen LogP contribution is -2.49. The fourth-order valence-electron chi connectivity index (χ4n) is 4.13. The van der Waals surface area contributed by atoms with Crippen LogP contribution in [-0.2, 0) is 16.1 Å². The summed E-state index contributed by atoms with van der Waals surface area (Å²) in [5.41, 5.74) is 0.948. The molecule has 184 valence electrons. The van der Waals surface area contributed by atoms with Crippen LogP contribution in [-0.4, -0.2) is 49.6 Å². The van der Waals surface area contributed by atoms with E-state index >= 15 is 0 Å². The summed E-state index contributed by atoms with van der Waals surface area (Å²) in [5.74, 6) is 2.09. The Morgan fingerprint density at radius 2 is 1.50 bits per heavy atom. The molecule has 0 spiro atoms. The molecule has 2 aromatic rings. The number of hydrogen-bond donors (Lipinski definition) is 1. The van der Waals surface area contributed by atoms with Crippen LogP contribution >= 0.6 is 0 Å². The van der Waals surface area contributed by atoms with E-state index in [9.17, 15) is 9.59 Å². The number of carbonyl (C=O) groups excluding carboxylic acids is 2. The zero-order valence-electron chi connectivity index (χ0n) is 20.4. The van der Waals surface area contributed by atoms with Gasteiger partial charge in [-0.05, 0) is 68.1 Å². The fourth-order valence-corrected chi connectivity index (χ4v) is 4.13. The Morgan fingerprint density at radius 3 is 2.09 bits per heavy atom. The maximum absolute atomic E-state index is 13.2. The average Bonchev–Trinajstić information content (AvgIpc) is 3.38. The number of carbonyl (C=O) groups is 2. The molecule has 0 bridgehead atoms. The van der Waals surface area contributed by atoms with E-state index in [2.05, 4.69) is 5.32 Å². The summed E-state index contributed by atoms with van der Waals surface area (Å²) in [7, 11) is 3.24. The standard InChI is InChI=1S/C27H36N2O5/c1-20(27(31)28-22-7-4-5-8-22)29(19-21-10-12-23(32-2)13-11-21)26(30)9-6-18-34-25-16-14-24(33-3)15-17-25/h10-17,20,22H,4-9,18-19H2,1-3H3,(H,28,31). The molecule has 1 fully saturated rings. The van der Waals surface area contributed by atoms with Crippen molar-refractivity contribution in [2.24, 2.45) is 0 Å². The summed E-state index contributed by atoms with van der Waals surface area (Å²) in [6, 6.07) is 14.6. The highest BCUT2D eigenvalue weighted by Crippen LogP contribution is 2.20. The van der Waals surface area contributed by atoms with Crippen LogP contribution in [0.15, 0.2) is 48.5 Å². The zero-order valence-corrected chi connectivity index (χ0v) is 20.4. The second kappa shape index (κ2) is 12.9. The van der Waals surface area contributed by atoms with Crippen molar-refractivity contribution in [3.05, 3.63) is 54.1 Å². The number of ether oxygens (including phenoxy) is 3. The van der Waals surface area contributed by atoms with Gasteiger partial charge in [-0.1, -0.05) is 25.0 Å². The normalized spacial score (nSPS) is 14.3. The molecule has 0 aromatic heterocycles. The van der Waals surface area contributed by atoms with Crippen LogP contribution in [0.5, 0.6) is 17.2 Å². The lowest BCUT2D eigenvalue weighted by atomic mass is 10.1. The van der Waals surface area contributed by atoms with Crippen LogP contribution in [0.1, 0.15) is 51.0 Å². The minimum absolute atomic E-state index is 0.0665. The van der Waals surface area contributed by atoms with Crippen LogP contribution in [0.4, 0.5) is 0 Å². The molecule has 1 saturated carbocycles. The van der Waals surface area contributed by atoms with Crippen LogP contribution in [0.2, 0.25) is 0 Å². The molecule has 2 aromatic carbocycles. The van der Waals surface area contributed by atoms with E-state index in [-0.39, 0.29) is 17.9 Å². The van der Waals surface area contributed by atoms with Gasteiger partial charge in [0.15, 0.2) is 0 Å². The second-order valence-corrected chi connectivity index (χ2v) is 8.66. The maximum atomic E-state index is 13.2. The topological polar surface area (TPSA) is 77.1 Å². The van der Waals surface area contributed by atoms with Gasteiger partial charge in [-0.3, -0.25) is 9.59 Å². The summed E-state index contributed by atoms with van der Waals surface area (Å²) in [4.78, 5) is 27.8. The average molecular weight is 469 g/mol. The molecule has 0 saturated heterocycles. The number of hydrogen-bond acceptors (Lipinski definition) is 5. The van der Waals surface area contributed by atoms with Gasteiger partial charge in [-0.2, -0.15) is 0 Å². The summed E-state index contributed by atoms with van der Waals surface area (Å²) in [6.07, 6.45) is 5.15. The number of methoxy groups -OCH3 is 2. The zero-order chi connectivity index (χ0) is 24.3. The predicted octanol–water partition coefficient (Wildman–Crippen LogP) is 4.34. The lowest BCUT2D eigenvalue weighted by Gasteiger charge is -2.30. The Labute approximate surface area is 202 Å². The van der Waals surface area contributed by atoms with Gasteiger partial charge in [0.25, 0.3) is 0 Å². The third-order valence-electron chi connectivity index (χ3n) is 6.24. The molecule has 0 heterocycles. The molecule has 1 aliphatic carbocycles. The minimum atomic E-state index is -0.558. The summed E-state index contributed by atoms with van der Waals surface area (Å²) >= 11 is 0. The quantitative estimate of drug-likeness (QED) is 0.469. The van der Waals surface area contributed by atoms with Gasteiger partial charge in [-0.25, -0.2) is 0 Å². The predicted molar refractivity (Wildman–Crippen MR) is 131 cm³/mol. The van der Waals surface area contributed by atoms with Crippen molar-refractivity contribution in [1.82, 2.24) is 10.2 Å². The van der Waals surface area contributed by atoms with Crippen molar-refractivity contribution in [2.75, 3.05) is 20.8 Å². The summed E-state index contributed by atoms with van der Waals surface area (Å²) in [6.45, 7) is 2.58. The molecule has 7 heteroatoms. The molecular weight excluding hydrogens is 432 g/mol. The van der Waals surface area contributed by atoms with E-state index in [4.69, 9.17) is 14.2 Å². The number of benzene rings is 2. The first-order chi connectivity index (χ1) is 16.5. The van der Waals surface area contributed by atoms with E-state index < -0.39 is 6.04 Å². The Hall–Kier alpha value is -3.22. The molecule has 3 rings (SSSR count). The first kappa shape index (κ1) is 25.4. The van der Waals surface area contributed by atoms with Crippen LogP contribution in [0.25, 0.3) is 0 Å². The second-order valence-electron chi connectivity index (χ2n) is 8.66. The van der Waals surface area contributed by atoms with Gasteiger partial charge in [-0.15, -0.1) is 0 Å². The van der Waals surface area contributed by atoms with E-state index in [1.165, 1.54) is 0 Å². The Bertz CT molecular complexity index is 908. The lowest BCUT2D eigenvalue weighted by molar-refractivity contribution is -0.141. The molecule has 34 heavy (non-hydrogen) atoms. The van der Waals surface area contributed by atoms with Crippen LogP contribution in [0, 0.1) is 0 Å². The highest BCUT2D eigenvalue weighted by molar-refractivity contribution is 5.87. The molecule has 0 radical (unpaired) electrons. The first-order valence-corrected chi connectivity index (χ1v) is 12.0. The number of amides is 2. The van der Waals surface area contributed by atoms with Crippen molar-refractivity contribution >= 4 is 11.8 Å². The third-order valence-corrected chi connectivity index (χ3v) is 6.24. The molecule has 1 aliphatic rings. The van der Waals surface area contributed by atoms with E-state index in [1.807, 2.05) is 48.5 Å². The molecule has 1 N–H and O–H groups in total. The fraction of sp³-hybridized carbons (Fsp3) is 0.481. The van der Waals surface area contributed by atoms with Gasteiger partial charge in [0.05, 0.1) is 20.8 Å². The minimum Gasteiger partial charge on any atom is -0.497 e. The molecule has 1 atom stereocenters. The summed E-state index contributed by atoms with van der Waals surface area (Å²) in [5, 5.41) is 3.13. The van der Waals surface area contributed by atoms with Crippen molar-refractivity contribution in [2.45, 2.75) is 64.1 Å². The third kappa shape index (κ3) is 7.40. The molecule has 1 unspecified atom stereocenters. The monoisotopic (exact) mass is 468 g/mol. The molecular formula is C27H36N2O5. The summed E-state index contributed by atoms with van der Waals surface area (Å²) < 4.78 is 16.1. The number of rotatable bonds is 12. The Kier molecular flexibility index (Phi) is 9.62. The number of nitrogens with zero attached hydrogens (tertiary/aromatic N) is 1. The van der Waals surface area contributed by atoms with Gasteiger partial charge in [0, 0.05) is 19.0 Å². The smallest absolute Gasteiger partial charge is 0.242 e. The highest BCUT2D eigenvalue weighted by Gasteiger charge is 2.28. The van der Waals surface area contributed by atoms with Gasteiger partial charge < -0.3 is 24.4 Å². The molecule has 7 nitrogen and oxygen atoms in total. The van der Waals surface area contributed by atoms with E-state index in [1.54, 1.807) is 26.0 Å². The molecule has 2 amide bonds. The van der Waals surface area contributed by atoms with Gasteiger partial charge in [0.1, 0.15) is 23.3 Å². The van der Waals surface area contributed by atoms with E-state index in [0.717, 1.165) is 48.5 Å². The Morgan fingerprint density at radius 1 is 0.941 bits per heavy atom. The number of nitrogens with one attached hydrogen (secondary N) is 1. The first-order valence-electron chi connectivity index (χ1n) is 12.0. The SMILES string of the molecule is COc1ccc(CN(C(=O)CCCOc2ccc(OC)cc2)C(C)C(=O)NC2CCCC2)cc1. The largest absolute Gasteiger partial charge is 0.497 e. The van der Waals surface area contributed by atoms with Crippen molar-refractivity contribution in [3.8, 4) is 17.2 Å².